The molecular weight excluding hydrogens is 380 g/mol. The first-order chi connectivity index (χ1) is 13.3. The highest BCUT2D eigenvalue weighted by Gasteiger charge is 2.13. The van der Waals surface area contributed by atoms with Crippen LogP contribution in [0.4, 0.5) is 0 Å². The summed E-state index contributed by atoms with van der Waals surface area (Å²) in [5.74, 6) is 2.62. The largest absolute Gasteiger partial charge is 0.454 e. The van der Waals surface area contributed by atoms with Crippen LogP contribution < -0.4 is 14.8 Å². The lowest BCUT2D eigenvalue weighted by atomic mass is 10.2. The molecule has 138 valence electrons. The highest BCUT2D eigenvalue weighted by molar-refractivity contribution is 7.99. The van der Waals surface area contributed by atoms with E-state index in [-0.39, 0.29) is 12.7 Å². The topological polar surface area (TPSA) is 60.5 Å². The summed E-state index contributed by atoms with van der Waals surface area (Å²) < 4.78 is 10.6. The van der Waals surface area contributed by atoms with Crippen molar-refractivity contribution in [1.82, 2.24) is 10.3 Å². The molecular formula is C20H18N2O3S2. The minimum atomic E-state index is 0.0104. The van der Waals surface area contributed by atoms with Crippen LogP contribution in [-0.2, 0) is 17.1 Å². The zero-order valence-corrected chi connectivity index (χ0v) is 16.1. The number of carbonyl (C=O) groups is 1. The minimum absolute atomic E-state index is 0.0104. The van der Waals surface area contributed by atoms with Crippen LogP contribution in [0.1, 0.15) is 11.3 Å². The van der Waals surface area contributed by atoms with Crippen LogP contribution in [0.2, 0.25) is 0 Å². The Kier molecular flexibility index (Phi) is 5.60. The second kappa shape index (κ2) is 8.45. The highest BCUT2D eigenvalue weighted by atomic mass is 32.2. The van der Waals surface area contributed by atoms with Gasteiger partial charge >= 0.3 is 0 Å². The van der Waals surface area contributed by atoms with E-state index in [2.05, 4.69) is 27.8 Å². The molecule has 0 saturated heterocycles. The molecule has 4 rings (SSSR count). The van der Waals surface area contributed by atoms with Gasteiger partial charge in [0.1, 0.15) is 5.01 Å². The maximum absolute atomic E-state index is 12.1. The van der Waals surface area contributed by atoms with Crippen molar-refractivity contribution < 1.29 is 14.3 Å². The number of thiazole rings is 1. The fraction of sp³-hybridized carbons (Fsp3) is 0.200. The maximum atomic E-state index is 12.1. The van der Waals surface area contributed by atoms with E-state index >= 15 is 0 Å². The Morgan fingerprint density at radius 3 is 2.89 bits per heavy atom. The van der Waals surface area contributed by atoms with Gasteiger partial charge in [0.2, 0.25) is 12.7 Å². The molecule has 3 aromatic rings. The molecule has 0 fully saturated rings. The lowest BCUT2D eigenvalue weighted by molar-refractivity contribution is -0.118. The molecule has 5 nitrogen and oxygen atoms in total. The quantitative estimate of drug-likeness (QED) is 0.650. The molecule has 0 radical (unpaired) electrons. The summed E-state index contributed by atoms with van der Waals surface area (Å²) >= 11 is 3.20. The average Bonchev–Trinajstić information content (AvgIpc) is 3.36. The van der Waals surface area contributed by atoms with Crippen molar-refractivity contribution in [3.8, 4) is 22.1 Å². The normalized spacial score (nSPS) is 12.1. The first kappa shape index (κ1) is 17.9. The Labute approximate surface area is 165 Å². The zero-order valence-electron chi connectivity index (χ0n) is 14.5. The predicted octanol–water partition coefficient (Wildman–Crippen LogP) is 4.09. The Balaban J connectivity index is 1.21. The molecule has 27 heavy (non-hydrogen) atoms. The molecule has 2 aromatic carbocycles. The third-order valence-electron chi connectivity index (χ3n) is 3.98. The van der Waals surface area contributed by atoms with Crippen molar-refractivity contribution in [2.24, 2.45) is 0 Å². The van der Waals surface area contributed by atoms with Gasteiger partial charge in [0.05, 0.1) is 11.4 Å². The second-order valence-electron chi connectivity index (χ2n) is 5.97. The smallest absolute Gasteiger partial charge is 0.231 e. The van der Waals surface area contributed by atoms with E-state index in [0.29, 0.717) is 12.3 Å². The predicted molar refractivity (Wildman–Crippen MR) is 108 cm³/mol. The standard InChI is InChI=1S/C20H18N2O3S2/c23-19(21-9-14-6-7-17-18(8-14)25-13-24-17)12-26-10-16-11-27-20(22-16)15-4-2-1-3-5-15/h1-8,11H,9-10,12-13H2,(H,21,23). The van der Waals surface area contributed by atoms with E-state index in [1.165, 1.54) is 0 Å². The van der Waals surface area contributed by atoms with E-state index in [1.807, 2.05) is 36.4 Å². The molecule has 1 N–H and O–H groups in total. The molecule has 0 spiro atoms. The summed E-state index contributed by atoms with van der Waals surface area (Å²) in [5.41, 5.74) is 3.12. The van der Waals surface area contributed by atoms with Gasteiger partial charge in [0.25, 0.3) is 0 Å². The third-order valence-corrected chi connectivity index (χ3v) is 5.89. The molecule has 0 bridgehead atoms. The summed E-state index contributed by atoms with van der Waals surface area (Å²) in [7, 11) is 0. The van der Waals surface area contributed by atoms with Gasteiger partial charge in [0, 0.05) is 23.2 Å². The van der Waals surface area contributed by atoms with E-state index in [9.17, 15) is 4.79 Å². The first-order valence-electron chi connectivity index (χ1n) is 8.51. The number of nitrogens with one attached hydrogen (secondary N) is 1. The van der Waals surface area contributed by atoms with E-state index in [0.717, 1.165) is 39.1 Å². The molecule has 1 amide bonds. The van der Waals surface area contributed by atoms with Gasteiger partial charge in [0.15, 0.2) is 11.5 Å². The molecule has 0 aliphatic carbocycles. The minimum Gasteiger partial charge on any atom is -0.454 e. The summed E-state index contributed by atoms with van der Waals surface area (Å²) in [4.78, 5) is 16.7. The van der Waals surface area contributed by atoms with Gasteiger partial charge in [-0.2, -0.15) is 0 Å². The monoisotopic (exact) mass is 398 g/mol. The van der Waals surface area contributed by atoms with Gasteiger partial charge in [-0.05, 0) is 17.7 Å². The van der Waals surface area contributed by atoms with Crippen LogP contribution >= 0.6 is 23.1 Å². The van der Waals surface area contributed by atoms with E-state index < -0.39 is 0 Å². The zero-order chi connectivity index (χ0) is 18.5. The van der Waals surface area contributed by atoms with Gasteiger partial charge in [-0.3, -0.25) is 4.79 Å². The fourth-order valence-corrected chi connectivity index (χ4v) is 4.32. The fourth-order valence-electron chi connectivity index (χ4n) is 2.64. The second-order valence-corrected chi connectivity index (χ2v) is 7.81. The number of benzene rings is 2. The molecule has 0 unspecified atom stereocenters. The Hall–Kier alpha value is -2.51. The van der Waals surface area contributed by atoms with Gasteiger partial charge < -0.3 is 14.8 Å². The molecule has 0 atom stereocenters. The van der Waals surface area contributed by atoms with Crippen LogP contribution in [0.15, 0.2) is 53.9 Å². The number of nitrogens with zero attached hydrogens (tertiary/aromatic N) is 1. The number of thioether (sulfide) groups is 1. The molecule has 0 saturated carbocycles. The van der Waals surface area contributed by atoms with Crippen molar-refractivity contribution >= 4 is 29.0 Å². The van der Waals surface area contributed by atoms with Crippen LogP contribution in [-0.4, -0.2) is 23.4 Å². The van der Waals surface area contributed by atoms with Crippen LogP contribution in [0.3, 0.4) is 0 Å². The summed E-state index contributed by atoms with van der Waals surface area (Å²) in [6.07, 6.45) is 0. The SMILES string of the molecule is O=C(CSCc1csc(-c2ccccc2)n1)NCc1ccc2c(c1)OCO2. The van der Waals surface area contributed by atoms with Gasteiger partial charge in [-0.1, -0.05) is 36.4 Å². The lowest BCUT2D eigenvalue weighted by Gasteiger charge is -2.06. The summed E-state index contributed by atoms with van der Waals surface area (Å²) in [5, 5.41) is 6.00. The third kappa shape index (κ3) is 4.61. The molecule has 1 aliphatic heterocycles. The molecule has 1 aromatic heterocycles. The van der Waals surface area contributed by atoms with Crippen molar-refractivity contribution in [2.45, 2.75) is 12.3 Å². The van der Waals surface area contributed by atoms with Crippen molar-refractivity contribution in [3.05, 3.63) is 65.2 Å². The maximum Gasteiger partial charge on any atom is 0.231 e. The van der Waals surface area contributed by atoms with Crippen molar-refractivity contribution in [3.63, 3.8) is 0 Å². The number of hydrogen-bond acceptors (Lipinski definition) is 6. The summed E-state index contributed by atoms with van der Waals surface area (Å²) in [6, 6.07) is 15.8. The Bertz CT molecular complexity index is 928. The number of amides is 1. The van der Waals surface area contributed by atoms with Crippen LogP contribution in [0, 0.1) is 0 Å². The number of fused-ring (bicyclic) bond motifs is 1. The van der Waals surface area contributed by atoms with Gasteiger partial charge in [-0.15, -0.1) is 23.1 Å². The number of ether oxygens (including phenoxy) is 2. The number of rotatable bonds is 7. The van der Waals surface area contributed by atoms with Crippen LogP contribution in [0.5, 0.6) is 11.5 Å². The number of carbonyl (C=O) groups excluding carboxylic acids is 1. The molecule has 7 heteroatoms. The molecule has 2 heterocycles. The Morgan fingerprint density at radius 1 is 1.15 bits per heavy atom. The van der Waals surface area contributed by atoms with E-state index in [4.69, 9.17) is 9.47 Å². The number of hydrogen-bond donors (Lipinski definition) is 1. The van der Waals surface area contributed by atoms with Gasteiger partial charge in [-0.25, -0.2) is 4.98 Å². The van der Waals surface area contributed by atoms with Crippen molar-refractivity contribution in [2.75, 3.05) is 12.5 Å². The van der Waals surface area contributed by atoms with Crippen molar-refractivity contribution in [1.29, 1.82) is 0 Å². The lowest BCUT2D eigenvalue weighted by Crippen LogP contribution is -2.24. The first-order valence-corrected chi connectivity index (χ1v) is 10.5. The average molecular weight is 399 g/mol. The van der Waals surface area contributed by atoms with Crippen LogP contribution in [0.25, 0.3) is 10.6 Å². The highest BCUT2D eigenvalue weighted by Crippen LogP contribution is 2.32. The molecule has 1 aliphatic rings. The summed E-state index contributed by atoms with van der Waals surface area (Å²) in [6.45, 7) is 0.731. The Morgan fingerprint density at radius 2 is 2.00 bits per heavy atom. The van der Waals surface area contributed by atoms with E-state index in [1.54, 1.807) is 23.1 Å². The number of aromatic nitrogens is 1.